The molecule has 2 aromatic rings. The quantitative estimate of drug-likeness (QED) is 0.782. The lowest BCUT2D eigenvalue weighted by Crippen LogP contribution is -2.08. The first kappa shape index (κ1) is 13.7. The number of imidazole rings is 1. The van der Waals surface area contributed by atoms with Crippen molar-refractivity contribution in [2.45, 2.75) is 39.1 Å². The Labute approximate surface area is 124 Å². The number of ether oxygens (including phenoxy) is 1. The van der Waals surface area contributed by atoms with Gasteiger partial charge < -0.3 is 9.30 Å². The largest absolute Gasteiger partial charge is 0.497 e. The molecule has 1 aromatic heterocycles. The zero-order chi connectivity index (χ0) is 14.5. The number of rotatable bonds is 4. The molecule has 1 saturated carbocycles. The van der Waals surface area contributed by atoms with E-state index in [4.69, 9.17) is 21.3 Å². The number of fused-ring (bicyclic) bond motifs is 1. The molecule has 3 nitrogen and oxygen atoms in total. The first-order valence-electron chi connectivity index (χ1n) is 7.10. The Balaban J connectivity index is 2.05. The second-order valence-corrected chi connectivity index (χ2v) is 7.10. The van der Waals surface area contributed by atoms with Gasteiger partial charge in [-0.15, -0.1) is 11.6 Å². The average Bonchev–Trinajstić information content (AvgIpc) is 2.84. The zero-order valence-corrected chi connectivity index (χ0v) is 13.2. The summed E-state index contributed by atoms with van der Waals surface area (Å²) >= 11 is 6.31. The van der Waals surface area contributed by atoms with Gasteiger partial charge in [-0.25, -0.2) is 4.98 Å². The van der Waals surface area contributed by atoms with Gasteiger partial charge in [-0.05, 0) is 36.8 Å². The minimum Gasteiger partial charge on any atom is -0.497 e. The number of halogens is 1. The van der Waals surface area contributed by atoms with Gasteiger partial charge in [0.25, 0.3) is 0 Å². The molecule has 3 rings (SSSR count). The fourth-order valence-electron chi connectivity index (χ4n) is 2.86. The molecule has 108 valence electrons. The van der Waals surface area contributed by atoms with Crippen LogP contribution in [0.2, 0.25) is 0 Å². The lowest BCUT2D eigenvalue weighted by molar-refractivity contribution is 0.415. The van der Waals surface area contributed by atoms with Crippen LogP contribution < -0.4 is 4.74 Å². The molecular formula is C16H21ClN2O. The minimum absolute atomic E-state index is 0.0877. The predicted octanol–water partition coefficient (Wildman–Crippen LogP) is 4.39. The van der Waals surface area contributed by atoms with Gasteiger partial charge in [0, 0.05) is 12.6 Å². The molecule has 0 aliphatic heterocycles. The third-order valence-corrected chi connectivity index (χ3v) is 4.66. The number of alkyl halides is 1. The zero-order valence-electron chi connectivity index (χ0n) is 12.5. The molecular weight excluding hydrogens is 272 g/mol. The topological polar surface area (TPSA) is 27.1 Å². The number of hydrogen-bond acceptors (Lipinski definition) is 2. The normalized spacial score (nSPS) is 21.9. The van der Waals surface area contributed by atoms with Crippen molar-refractivity contribution in [2.75, 3.05) is 7.11 Å². The molecule has 0 N–H and O–H groups in total. The summed E-state index contributed by atoms with van der Waals surface area (Å²) in [5, 5.41) is -0.0877. The van der Waals surface area contributed by atoms with Crippen molar-refractivity contribution in [1.29, 1.82) is 0 Å². The molecule has 0 spiro atoms. The Morgan fingerprint density at radius 3 is 2.75 bits per heavy atom. The summed E-state index contributed by atoms with van der Waals surface area (Å²) in [7, 11) is 1.68. The Bertz CT molecular complexity index is 645. The summed E-state index contributed by atoms with van der Waals surface area (Å²) in [4.78, 5) is 4.70. The number of benzene rings is 1. The molecule has 1 aliphatic carbocycles. The van der Waals surface area contributed by atoms with Crippen LogP contribution in [0.4, 0.5) is 0 Å². The maximum absolute atomic E-state index is 6.31. The van der Waals surface area contributed by atoms with Gasteiger partial charge in [0.15, 0.2) is 0 Å². The third kappa shape index (κ3) is 2.28. The van der Waals surface area contributed by atoms with Crippen molar-refractivity contribution in [1.82, 2.24) is 9.55 Å². The second-order valence-electron chi connectivity index (χ2n) is 6.44. The number of methoxy groups -OCH3 is 1. The standard InChI is InChI=1S/C16H21ClN2O/c1-10(17)15-18-13-7-12(20-4)5-6-14(13)19(15)9-11-8-16(11,2)3/h5-7,10-11H,8-9H2,1-4H3. The van der Waals surface area contributed by atoms with E-state index in [0.29, 0.717) is 5.41 Å². The Morgan fingerprint density at radius 1 is 1.50 bits per heavy atom. The van der Waals surface area contributed by atoms with Crippen LogP contribution in [0.15, 0.2) is 18.2 Å². The van der Waals surface area contributed by atoms with Crippen LogP contribution in [0, 0.1) is 11.3 Å². The average molecular weight is 293 g/mol. The highest BCUT2D eigenvalue weighted by molar-refractivity contribution is 6.20. The number of nitrogens with zero attached hydrogens (tertiary/aromatic N) is 2. The number of hydrogen-bond donors (Lipinski definition) is 0. The third-order valence-electron chi connectivity index (χ3n) is 4.46. The molecule has 0 bridgehead atoms. The summed E-state index contributed by atoms with van der Waals surface area (Å²) in [6.07, 6.45) is 1.28. The minimum atomic E-state index is -0.0877. The summed E-state index contributed by atoms with van der Waals surface area (Å²) in [6, 6.07) is 6.05. The highest BCUT2D eigenvalue weighted by Gasteiger charge is 2.45. The second kappa shape index (κ2) is 4.66. The van der Waals surface area contributed by atoms with Crippen LogP contribution in [0.5, 0.6) is 5.75 Å². The van der Waals surface area contributed by atoms with Crippen LogP contribution >= 0.6 is 11.6 Å². The summed E-state index contributed by atoms with van der Waals surface area (Å²) in [5.41, 5.74) is 2.57. The van der Waals surface area contributed by atoms with Gasteiger partial charge >= 0.3 is 0 Å². The monoisotopic (exact) mass is 292 g/mol. The number of aromatic nitrogens is 2. The van der Waals surface area contributed by atoms with Crippen molar-refractivity contribution in [3.05, 3.63) is 24.0 Å². The van der Waals surface area contributed by atoms with E-state index < -0.39 is 0 Å². The van der Waals surface area contributed by atoms with Crippen molar-refractivity contribution < 1.29 is 4.74 Å². The first-order valence-corrected chi connectivity index (χ1v) is 7.54. The molecule has 20 heavy (non-hydrogen) atoms. The summed E-state index contributed by atoms with van der Waals surface area (Å²) in [5.74, 6) is 2.51. The fraction of sp³-hybridized carbons (Fsp3) is 0.562. The smallest absolute Gasteiger partial charge is 0.127 e. The van der Waals surface area contributed by atoms with Gasteiger partial charge in [-0.3, -0.25) is 0 Å². The SMILES string of the molecule is COc1ccc2c(c1)nc(C(C)Cl)n2CC1CC1(C)C. The lowest BCUT2D eigenvalue weighted by Gasteiger charge is -2.11. The maximum Gasteiger partial charge on any atom is 0.127 e. The molecule has 0 amide bonds. The Kier molecular flexibility index (Phi) is 3.20. The lowest BCUT2D eigenvalue weighted by atomic mass is 10.1. The molecule has 1 fully saturated rings. The van der Waals surface area contributed by atoms with Gasteiger partial charge in [0.1, 0.15) is 11.6 Å². The Morgan fingerprint density at radius 2 is 2.20 bits per heavy atom. The highest BCUT2D eigenvalue weighted by Crippen LogP contribution is 2.53. The summed E-state index contributed by atoms with van der Waals surface area (Å²) < 4.78 is 7.56. The maximum atomic E-state index is 6.31. The van der Waals surface area contributed by atoms with E-state index in [1.165, 1.54) is 6.42 Å². The molecule has 1 aromatic carbocycles. The fourth-order valence-corrected chi connectivity index (χ4v) is 3.03. The van der Waals surface area contributed by atoms with Crippen molar-refractivity contribution in [3.63, 3.8) is 0 Å². The van der Waals surface area contributed by atoms with E-state index >= 15 is 0 Å². The first-order chi connectivity index (χ1) is 9.42. The van der Waals surface area contributed by atoms with E-state index in [2.05, 4.69) is 24.5 Å². The predicted molar refractivity (Wildman–Crippen MR) is 82.4 cm³/mol. The van der Waals surface area contributed by atoms with Gasteiger partial charge in [-0.2, -0.15) is 0 Å². The molecule has 1 heterocycles. The van der Waals surface area contributed by atoms with Crippen LogP contribution in [0.1, 0.15) is 38.4 Å². The van der Waals surface area contributed by atoms with E-state index in [1.807, 2.05) is 19.1 Å². The van der Waals surface area contributed by atoms with E-state index in [9.17, 15) is 0 Å². The van der Waals surface area contributed by atoms with E-state index in [-0.39, 0.29) is 5.38 Å². The van der Waals surface area contributed by atoms with Crippen molar-refractivity contribution in [2.24, 2.45) is 11.3 Å². The molecule has 2 atom stereocenters. The van der Waals surface area contributed by atoms with Gasteiger partial charge in [0.05, 0.1) is 23.5 Å². The summed E-state index contributed by atoms with van der Waals surface area (Å²) in [6.45, 7) is 7.63. The molecule has 2 unspecified atom stereocenters. The molecule has 0 saturated heterocycles. The van der Waals surface area contributed by atoms with Gasteiger partial charge in [-0.1, -0.05) is 13.8 Å². The van der Waals surface area contributed by atoms with Crippen LogP contribution in [0.3, 0.4) is 0 Å². The van der Waals surface area contributed by atoms with Crippen LogP contribution in [-0.2, 0) is 6.54 Å². The van der Waals surface area contributed by atoms with Crippen LogP contribution in [0.25, 0.3) is 11.0 Å². The highest BCUT2D eigenvalue weighted by atomic mass is 35.5. The molecule has 1 aliphatic rings. The molecule has 4 heteroatoms. The van der Waals surface area contributed by atoms with Crippen molar-refractivity contribution in [3.8, 4) is 5.75 Å². The van der Waals surface area contributed by atoms with Crippen molar-refractivity contribution >= 4 is 22.6 Å². The van der Waals surface area contributed by atoms with E-state index in [0.717, 1.165) is 35.1 Å². The van der Waals surface area contributed by atoms with E-state index in [1.54, 1.807) is 7.11 Å². The molecule has 0 radical (unpaired) electrons. The van der Waals surface area contributed by atoms with Crippen LogP contribution in [-0.4, -0.2) is 16.7 Å². The van der Waals surface area contributed by atoms with Gasteiger partial charge in [0.2, 0.25) is 0 Å². The Hall–Kier alpha value is -1.22.